The highest BCUT2D eigenvalue weighted by Gasteiger charge is 2.05. The number of ether oxygens (including phenoxy) is 2. The highest BCUT2D eigenvalue weighted by Crippen LogP contribution is 2.25. The molecular formula is C11H15NO3. The summed E-state index contributed by atoms with van der Waals surface area (Å²) in [6.45, 7) is 2.47. The third-order valence-corrected chi connectivity index (χ3v) is 1.79. The van der Waals surface area contributed by atoms with Crippen molar-refractivity contribution in [1.82, 2.24) is 5.32 Å². The van der Waals surface area contributed by atoms with Crippen molar-refractivity contribution in [2.75, 3.05) is 20.3 Å². The third-order valence-electron chi connectivity index (χ3n) is 1.79. The van der Waals surface area contributed by atoms with Gasteiger partial charge in [-0.3, -0.25) is 4.79 Å². The van der Waals surface area contributed by atoms with Crippen LogP contribution in [0, 0.1) is 0 Å². The highest BCUT2D eigenvalue weighted by molar-refractivity contribution is 5.77. The lowest BCUT2D eigenvalue weighted by atomic mass is 10.3. The molecular weight excluding hydrogens is 194 g/mol. The molecule has 4 nitrogen and oxygen atoms in total. The number of carbonyl (C=O) groups is 1. The first-order valence-electron chi connectivity index (χ1n) is 4.83. The van der Waals surface area contributed by atoms with Crippen LogP contribution >= 0.6 is 0 Å². The van der Waals surface area contributed by atoms with E-state index in [0.29, 0.717) is 18.1 Å². The van der Waals surface area contributed by atoms with E-state index in [1.165, 1.54) is 0 Å². The predicted molar refractivity (Wildman–Crippen MR) is 57.2 cm³/mol. The minimum atomic E-state index is -0.165. The maximum atomic E-state index is 11.0. The Morgan fingerprint density at radius 2 is 1.87 bits per heavy atom. The molecule has 15 heavy (non-hydrogen) atoms. The number of benzene rings is 1. The second-order valence-corrected chi connectivity index (χ2v) is 2.84. The van der Waals surface area contributed by atoms with Crippen LogP contribution in [0.1, 0.15) is 6.92 Å². The predicted octanol–water partition coefficient (Wildman–Crippen LogP) is 1.21. The van der Waals surface area contributed by atoms with E-state index in [1.807, 2.05) is 25.1 Å². The summed E-state index contributed by atoms with van der Waals surface area (Å²) in [5.74, 6) is 1.08. The molecule has 82 valence electrons. The molecule has 0 aromatic heterocycles. The molecule has 0 fully saturated rings. The summed E-state index contributed by atoms with van der Waals surface area (Å²) in [4.78, 5) is 11.0. The fourth-order valence-electron chi connectivity index (χ4n) is 1.06. The van der Waals surface area contributed by atoms with Crippen molar-refractivity contribution in [3.63, 3.8) is 0 Å². The van der Waals surface area contributed by atoms with Crippen molar-refractivity contribution < 1.29 is 14.3 Å². The van der Waals surface area contributed by atoms with Crippen LogP contribution < -0.4 is 14.8 Å². The summed E-state index contributed by atoms with van der Waals surface area (Å²) in [5.41, 5.74) is 0. The number of carbonyl (C=O) groups excluding carboxylic acids is 1. The minimum Gasteiger partial charge on any atom is -0.490 e. The fraction of sp³-hybridized carbons (Fsp3) is 0.364. The van der Waals surface area contributed by atoms with Gasteiger partial charge in [-0.15, -0.1) is 0 Å². The molecule has 1 amide bonds. The van der Waals surface area contributed by atoms with E-state index in [4.69, 9.17) is 9.47 Å². The van der Waals surface area contributed by atoms with Crippen molar-refractivity contribution in [3.8, 4) is 11.5 Å². The third kappa shape index (κ3) is 3.50. The molecule has 0 aliphatic carbocycles. The van der Waals surface area contributed by atoms with Crippen LogP contribution in [0.5, 0.6) is 11.5 Å². The van der Waals surface area contributed by atoms with Gasteiger partial charge >= 0.3 is 0 Å². The van der Waals surface area contributed by atoms with E-state index >= 15 is 0 Å². The SMILES string of the molecule is CCOc1ccccc1OCC(=O)NC. The lowest BCUT2D eigenvalue weighted by Gasteiger charge is -2.10. The molecule has 1 aromatic carbocycles. The monoisotopic (exact) mass is 209 g/mol. The van der Waals surface area contributed by atoms with Crippen molar-refractivity contribution in [3.05, 3.63) is 24.3 Å². The number of rotatable bonds is 5. The van der Waals surface area contributed by atoms with Crippen molar-refractivity contribution in [1.29, 1.82) is 0 Å². The standard InChI is InChI=1S/C11H15NO3/c1-3-14-9-6-4-5-7-10(9)15-8-11(13)12-2/h4-7H,3,8H2,1-2H3,(H,12,13). The average Bonchev–Trinajstić information content (AvgIpc) is 2.28. The Morgan fingerprint density at radius 3 is 2.40 bits per heavy atom. The molecule has 0 bridgehead atoms. The van der Waals surface area contributed by atoms with Gasteiger partial charge in [0.05, 0.1) is 6.61 Å². The first kappa shape index (κ1) is 11.4. The molecule has 0 unspecified atom stereocenters. The molecule has 0 radical (unpaired) electrons. The van der Waals surface area contributed by atoms with E-state index < -0.39 is 0 Å². The Bertz CT molecular complexity index is 325. The summed E-state index contributed by atoms with van der Waals surface area (Å²) >= 11 is 0. The summed E-state index contributed by atoms with van der Waals surface area (Å²) in [7, 11) is 1.57. The summed E-state index contributed by atoms with van der Waals surface area (Å²) < 4.78 is 10.7. The lowest BCUT2D eigenvalue weighted by Crippen LogP contribution is -2.24. The minimum absolute atomic E-state index is 0.000583. The van der Waals surface area contributed by atoms with Gasteiger partial charge in [0.25, 0.3) is 5.91 Å². The maximum Gasteiger partial charge on any atom is 0.257 e. The van der Waals surface area contributed by atoms with Gasteiger partial charge in [-0.1, -0.05) is 12.1 Å². The molecule has 0 aliphatic heterocycles. The summed E-state index contributed by atoms with van der Waals surface area (Å²) in [6, 6.07) is 7.27. The number of para-hydroxylation sites is 2. The zero-order valence-corrected chi connectivity index (χ0v) is 8.95. The van der Waals surface area contributed by atoms with Crippen LogP contribution in [0.25, 0.3) is 0 Å². The van der Waals surface area contributed by atoms with Gasteiger partial charge in [0, 0.05) is 7.05 Å². The van der Waals surface area contributed by atoms with Gasteiger partial charge in [0.2, 0.25) is 0 Å². The molecule has 1 aromatic rings. The summed E-state index contributed by atoms with van der Waals surface area (Å²) in [6.07, 6.45) is 0. The van der Waals surface area contributed by atoms with E-state index in [2.05, 4.69) is 5.32 Å². The van der Waals surface area contributed by atoms with Gasteiger partial charge in [-0.05, 0) is 19.1 Å². The molecule has 1 rings (SSSR count). The number of hydrogen-bond donors (Lipinski definition) is 1. The van der Waals surface area contributed by atoms with E-state index in [9.17, 15) is 4.79 Å². The van der Waals surface area contributed by atoms with Crippen molar-refractivity contribution in [2.45, 2.75) is 6.92 Å². The number of nitrogens with one attached hydrogen (secondary N) is 1. The molecule has 0 heterocycles. The van der Waals surface area contributed by atoms with Crippen molar-refractivity contribution in [2.24, 2.45) is 0 Å². The van der Waals surface area contributed by atoms with Crippen LogP contribution in [0.3, 0.4) is 0 Å². The van der Waals surface area contributed by atoms with Gasteiger partial charge in [0.15, 0.2) is 18.1 Å². The summed E-state index contributed by atoms with van der Waals surface area (Å²) in [5, 5.41) is 2.48. The Labute approximate surface area is 89.2 Å². The van der Waals surface area contributed by atoms with Gasteiger partial charge in [-0.25, -0.2) is 0 Å². The molecule has 0 aliphatic rings. The molecule has 4 heteroatoms. The smallest absolute Gasteiger partial charge is 0.257 e. The second-order valence-electron chi connectivity index (χ2n) is 2.84. The normalized spacial score (nSPS) is 9.47. The first-order valence-corrected chi connectivity index (χ1v) is 4.83. The van der Waals surface area contributed by atoms with E-state index in [1.54, 1.807) is 13.1 Å². The van der Waals surface area contributed by atoms with Crippen molar-refractivity contribution >= 4 is 5.91 Å². The Balaban J connectivity index is 2.62. The fourth-order valence-corrected chi connectivity index (χ4v) is 1.06. The van der Waals surface area contributed by atoms with Gasteiger partial charge < -0.3 is 14.8 Å². The zero-order valence-electron chi connectivity index (χ0n) is 8.95. The quantitative estimate of drug-likeness (QED) is 0.793. The Kier molecular flexibility index (Phi) is 4.47. The number of likely N-dealkylation sites (N-methyl/N-ethyl adjacent to an activating group) is 1. The maximum absolute atomic E-state index is 11.0. The molecule has 0 saturated heterocycles. The van der Waals surface area contributed by atoms with Crippen LogP contribution in [0.15, 0.2) is 24.3 Å². The largest absolute Gasteiger partial charge is 0.490 e. The number of amides is 1. The van der Waals surface area contributed by atoms with Gasteiger partial charge in [0.1, 0.15) is 0 Å². The Morgan fingerprint density at radius 1 is 1.27 bits per heavy atom. The topological polar surface area (TPSA) is 47.6 Å². The average molecular weight is 209 g/mol. The Hall–Kier alpha value is -1.71. The van der Waals surface area contributed by atoms with Crippen LogP contribution in [-0.4, -0.2) is 26.2 Å². The van der Waals surface area contributed by atoms with Crippen LogP contribution in [-0.2, 0) is 4.79 Å². The second kappa shape index (κ2) is 5.90. The zero-order chi connectivity index (χ0) is 11.1. The van der Waals surface area contributed by atoms with Gasteiger partial charge in [-0.2, -0.15) is 0 Å². The lowest BCUT2D eigenvalue weighted by molar-refractivity contribution is -0.122. The molecule has 0 atom stereocenters. The first-order chi connectivity index (χ1) is 7.27. The molecule has 0 spiro atoms. The van der Waals surface area contributed by atoms with E-state index in [-0.39, 0.29) is 12.5 Å². The number of hydrogen-bond acceptors (Lipinski definition) is 3. The van der Waals surface area contributed by atoms with Crippen LogP contribution in [0.4, 0.5) is 0 Å². The van der Waals surface area contributed by atoms with E-state index in [0.717, 1.165) is 0 Å². The highest BCUT2D eigenvalue weighted by atomic mass is 16.5. The molecule has 1 N–H and O–H groups in total. The van der Waals surface area contributed by atoms with Crippen LogP contribution in [0.2, 0.25) is 0 Å². The molecule has 0 saturated carbocycles.